The maximum absolute atomic E-state index is 13.2. The average molecular weight is 428 g/mol. The third-order valence-corrected chi connectivity index (χ3v) is 5.69. The van der Waals surface area contributed by atoms with Crippen molar-refractivity contribution >= 4 is 33.4 Å². The number of amides is 2. The maximum Gasteiger partial charge on any atom is 0.244 e. The third-order valence-electron chi connectivity index (χ3n) is 5.20. The number of nitrogens with zero attached hydrogens (tertiary/aromatic N) is 2. The quantitative estimate of drug-likeness (QED) is 0.816. The van der Waals surface area contributed by atoms with E-state index in [0.29, 0.717) is 6.54 Å². The summed E-state index contributed by atoms with van der Waals surface area (Å²) in [6.07, 6.45) is 2.26. The van der Waals surface area contributed by atoms with Crippen LogP contribution in [0.5, 0.6) is 0 Å². The molecule has 0 aromatic heterocycles. The molecule has 6 heteroatoms. The van der Waals surface area contributed by atoms with E-state index in [-0.39, 0.29) is 24.4 Å². The molecule has 1 saturated heterocycles. The van der Waals surface area contributed by atoms with Crippen LogP contribution in [0.15, 0.2) is 53.0 Å². The first-order valence-corrected chi connectivity index (χ1v) is 10.1. The Bertz CT molecular complexity index is 850. The van der Waals surface area contributed by atoms with Gasteiger partial charge in [-0.05, 0) is 49.7 Å². The number of benzene rings is 2. The van der Waals surface area contributed by atoms with Crippen molar-refractivity contribution < 1.29 is 9.59 Å². The van der Waals surface area contributed by atoms with Crippen molar-refractivity contribution in [3.63, 3.8) is 0 Å². The lowest BCUT2D eigenvalue weighted by molar-refractivity contribution is -0.137. The minimum atomic E-state index is -0.298. The van der Waals surface area contributed by atoms with Crippen molar-refractivity contribution in [1.29, 1.82) is 0 Å². The molecule has 2 aliphatic heterocycles. The van der Waals surface area contributed by atoms with Gasteiger partial charge in [-0.15, -0.1) is 0 Å². The van der Waals surface area contributed by atoms with Gasteiger partial charge in [0.1, 0.15) is 6.54 Å². The van der Waals surface area contributed by atoms with Crippen molar-refractivity contribution in [2.45, 2.75) is 18.9 Å². The van der Waals surface area contributed by atoms with Gasteiger partial charge in [-0.3, -0.25) is 14.5 Å². The molecule has 0 unspecified atom stereocenters. The van der Waals surface area contributed by atoms with Crippen LogP contribution in [0.25, 0.3) is 0 Å². The Morgan fingerprint density at radius 1 is 1.11 bits per heavy atom. The summed E-state index contributed by atoms with van der Waals surface area (Å²) in [5.41, 5.74) is 2.69. The van der Waals surface area contributed by atoms with E-state index in [1.54, 1.807) is 4.90 Å². The molecule has 2 amide bonds. The van der Waals surface area contributed by atoms with E-state index >= 15 is 0 Å². The summed E-state index contributed by atoms with van der Waals surface area (Å²) in [5.74, 6) is -0.166. The molecule has 0 spiro atoms. The van der Waals surface area contributed by atoms with E-state index in [1.807, 2.05) is 48.5 Å². The van der Waals surface area contributed by atoms with Crippen LogP contribution >= 0.6 is 15.9 Å². The van der Waals surface area contributed by atoms with Gasteiger partial charge in [-0.1, -0.05) is 46.3 Å². The predicted octanol–water partition coefficient (Wildman–Crippen LogP) is 3.42. The highest BCUT2D eigenvalue weighted by molar-refractivity contribution is 9.10. The molecule has 2 aliphatic rings. The Labute approximate surface area is 167 Å². The minimum absolute atomic E-state index is 0.00581. The van der Waals surface area contributed by atoms with Crippen molar-refractivity contribution in [3.05, 3.63) is 64.1 Å². The van der Waals surface area contributed by atoms with E-state index in [2.05, 4.69) is 26.1 Å². The fraction of sp³-hybridized carbons (Fsp3) is 0.333. The van der Waals surface area contributed by atoms with Gasteiger partial charge in [0.25, 0.3) is 0 Å². The number of hydrogen-bond donors (Lipinski definition) is 1. The summed E-state index contributed by atoms with van der Waals surface area (Å²) in [7, 11) is 0. The van der Waals surface area contributed by atoms with Crippen molar-refractivity contribution in [1.82, 2.24) is 9.80 Å². The van der Waals surface area contributed by atoms with Crippen LogP contribution in [0.3, 0.4) is 0 Å². The van der Waals surface area contributed by atoms with Crippen LogP contribution in [0.1, 0.15) is 30.0 Å². The van der Waals surface area contributed by atoms with Gasteiger partial charge < -0.3 is 10.2 Å². The van der Waals surface area contributed by atoms with Gasteiger partial charge in [-0.25, -0.2) is 0 Å². The van der Waals surface area contributed by atoms with Gasteiger partial charge in [0.15, 0.2) is 0 Å². The van der Waals surface area contributed by atoms with Crippen molar-refractivity contribution in [3.8, 4) is 0 Å². The van der Waals surface area contributed by atoms with Gasteiger partial charge in [0.2, 0.25) is 11.8 Å². The molecule has 1 atom stereocenters. The number of hydrogen-bond acceptors (Lipinski definition) is 3. The molecule has 0 bridgehead atoms. The molecule has 1 N–H and O–H groups in total. The van der Waals surface area contributed by atoms with Crippen molar-refractivity contribution in [2.24, 2.45) is 0 Å². The van der Waals surface area contributed by atoms with Crippen LogP contribution in [0.4, 0.5) is 5.69 Å². The molecule has 0 saturated carbocycles. The number of fused-ring (bicyclic) bond motifs is 1. The number of anilines is 1. The zero-order chi connectivity index (χ0) is 18.8. The van der Waals surface area contributed by atoms with Crippen LogP contribution in [0.2, 0.25) is 0 Å². The zero-order valence-corrected chi connectivity index (χ0v) is 16.6. The fourth-order valence-electron chi connectivity index (χ4n) is 3.93. The van der Waals surface area contributed by atoms with Crippen LogP contribution in [0, 0.1) is 0 Å². The average Bonchev–Trinajstić information content (AvgIpc) is 3.12. The number of carbonyl (C=O) groups is 2. The highest BCUT2D eigenvalue weighted by atomic mass is 79.9. The molecule has 0 radical (unpaired) electrons. The van der Waals surface area contributed by atoms with E-state index in [9.17, 15) is 9.59 Å². The van der Waals surface area contributed by atoms with E-state index < -0.39 is 0 Å². The van der Waals surface area contributed by atoms with Crippen LogP contribution in [-0.2, 0) is 9.59 Å². The summed E-state index contributed by atoms with van der Waals surface area (Å²) in [5, 5.41) is 2.96. The highest BCUT2D eigenvalue weighted by Crippen LogP contribution is 2.37. The van der Waals surface area contributed by atoms with Crippen molar-refractivity contribution in [2.75, 3.05) is 31.5 Å². The third kappa shape index (κ3) is 3.92. The summed E-state index contributed by atoms with van der Waals surface area (Å²) < 4.78 is 0.922. The lowest BCUT2D eigenvalue weighted by Crippen LogP contribution is -2.44. The lowest BCUT2D eigenvalue weighted by atomic mass is 9.96. The normalized spacial score (nSPS) is 20.1. The summed E-state index contributed by atoms with van der Waals surface area (Å²) in [6, 6.07) is 15.4. The number of rotatable bonds is 3. The van der Waals surface area contributed by atoms with E-state index in [0.717, 1.165) is 47.2 Å². The maximum atomic E-state index is 13.2. The second kappa shape index (κ2) is 7.82. The summed E-state index contributed by atoms with van der Waals surface area (Å²) >= 11 is 3.53. The highest BCUT2D eigenvalue weighted by Gasteiger charge is 2.34. The molecule has 2 aromatic carbocycles. The number of halogens is 1. The SMILES string of the molecule is O=C1CN(C(=O)CN2CCCC2)[C@@H](c2ccccc2)c2cc(Br)ccc2N1. The monoisotopic (exact) mass is 427 g/mol. The van der Waals surface area contributed by atoms with Gasteiger partial charge in [0.05, 0.1) is 12.6 Å². The molecule has 140 valence electrons. The molecule has 27 heavy (non-hydrogen) atoms. The molecule has 5 nitrogen and oxygen atoms in total. The van der Waals surface area contributed by atoms with Gasteiger partial charge in [-0.2, -0.15) is 0 Å². The number of likely N-dealkylation sites (tertiary alicyclic amines) is 1. The molecule has 1 fully saturated rings. The molecule has 0 aliphatic carbocycles. The van der Waals surface area contributed by atoms with E-state index in [4.69, 9.17) is 0 Å². The molecular formula is C21H22BrN3O2. The number of nitrogens with one attached hydrogen (secondary N) is 1. The second-order valence-corrected chi connectivity index (χ2v) is 8.01. The standard InChI is InChI=1S/C21H22BrN3O2/c22-16-8-9-18-17(12-16)21(15-6-2-1-3-7-15)25(13-19(26)23-18)20(27)14-24-10-4-5-11-24/h1-3,6-9,12,21H,4-5,10-11,13-14H2,(H,23,26)/t21-/m0/s1. The second-order valence-electron chi connectivity index (χ2n) is 7.10. The Morgan fingerprint density at radius 2 is 1.85 bits per heavy atom. The first-order valence-electron chi connectivity index (χ1n) is 9.28. The molecular weight excluding hydrogens is 406 g/mol. The molecule has 4 rings (SSSR count). The summed E-state index contributed by atoms with van der Waals surface area (Å²) in [6.45, 7) is 2.31. The van der Waals surface area contributed by atoms with Gasteiger partial charge >= 0.3 is 0 Å². The van der Waals surface area contributed by atoms with Crippen LogP contribution < -0.4 is 5.32 Å². The topological polar surface area (TPSA) is 52.7 Å². The van der Waals surface area contributed by atoms with Crippen LogP contribution in [-0.4, -0.2) is 47.8 Å². The molecule has 2 aromatic rings. The fourth-order valence-corrected chi connectivity index (χ4v) is 4.31. The minimum Gasteiger partial charge on any atom is -0.324 e. The first-order chi connectivity index (χ1) is 13.1. The summed E-state index contributed by atoms with van der Waals surface area (Å²) in [4.78, 5) is 29.7. The first kappa shape index (κ1) is 18.2. The Kier molecular flexibility index (Phi) is 5.27. The van der Waals surface area contributed by atoms with E-state index in [1.165, 1.54) is 0 Å². The van der Waals surface area contributed by atoms with Gasteiger partial charge in [0, 0.05) is 15.7 Å². The Morgan fingerprint density at radius 3 is 2.59 bits per heavy atom. The Hall–Kier alpha value is -2.18. The zero-order valence-electron chi connectivity index (χ0n) is 15.0. The smallest absolute Gasteiger partial charge is 0.244 e. The predicted molar refractivity (Wildman–Crippen MR) is 108 cm³/mol. The number of carbonyl (C=O) groups excluding carboxylic acids is 2. The molecule has 2 heterocycles. The Balaban J connectivity index is 1.77. The largest absolute Gasteiger partial charge is 0.324 e. The lowest BCUT2D eigenvalue weighted by Gasteiger charge is -2.32.